The highest BCUT2D eigenvalue weighted by molar-refractivity contribution is 9.10. The summed E-state index contributed by atoms with van der Waals surface area (Å²) in [4.78, 5) is 28.6. The van der Waals surface area contributed by atoms with Crippen LogP contribution in [-0.2, 0) is 14.3 Å². The topological polar surface area (TPSA) is 79.8 Å². The van der Waals surface area contributed by atoms with Crippen molar-refractivity contribution in [1.82, 2.24) is 5.32 Å². The van der Waals surface area contributed by atoms with Crippen molar-refractivity contribution < 1.29 is 14.3 Å². The van der Waals surface area contributed by atoms with Crippen molar-refractivity contribution in [2.75, 3.05) is 18.5 Å². The summed E-state index contributed by atoms with van der Waals surface area (Å²) < 4.78 is 6.32. The summed E-state index contributed by atoms with van der Waals surface area (Å²) in [6, 6.07) is 7.37. The van der Waals surface area contributed by atoms with Crippen LogP contribution in [0.4, 0.5) is 5.69 Å². The van der Waals surface area contributed by atoms with Crippen molar-refractivity contribution in [3.05, 3.63) is 28.7 Å². The van der Waals surface area contributed by atoms with Crippen LogP contribution in [0.15, 0.2) is 33.7 Å². The minimum absolute atomic E-state index is 0.108. The zero-order valence-corrected chi connectivity index (χ0v) is 15.4. The monoisotopic (exact) mass is 411 g/mol. The summed E-state index contributed by atoms with van der Waals surface area (Å²) in [5.74, 6) is -0.372. The molecule has 2 saturated heterocycles. The van der Waals surface area contributed by atoms with Crippen LogP contribution in [-0.4, -0.2) is 41.5 Å². The second-order valence-electron chi connectivity index (χ2n) is 5.61. The number of nitrogens with zero attached hydrogens (tertiary/aromatic N) is 1. The molecule has 8 heteroatoms. The number of nitrogens with one attached hydrogen (secondary N) is 2. The number of thioether (sulfide) groups is 1. The van der Waals surface area contributed by atoms with E-state index < -0.39 is 5.25 Å². The molecule has 2 aliphatic rings. The molecular weight excluding hydrogens is 394 g/mol. The van der Waals surface area contributed by atoms with E-state index >= 15 is 0 Å². The van der Waals surface area contributed by atoms with Crippen molar-refractivity contribution in [1.29, 1.82) is 0 Å². The van der Waals surface area contributed by atoms with Gasteiger partial charge in [0.1, 0.15) is 5.25 Å². The van der Waals surface area contributed by atoms with Gasteiger partial charge in [0.05, 0.1) is 18.3 Å². The van der Waals surface area contributed by atoms with E-state index in [0.29, 0.717) is 17.4 Å². The summed E-state index contributed by atoms with van der Waals surface area (Å²) in [6.45, 7) is 1.34. The Morgan fingerprint density at radius 1 is 1.46 bits per heavy atom. The number of carbonyl (C=O) groups excluding carboxylic acids is 2. The third kappa shape index (κ3) is 4.58. The quantitative estimate of drug-likeness (QED) is 0.779. The lowest BCUT2D eigenvalue weighted by Gasteiger charge is -2.08. The lowest BCUT2D eigenvalue weighted by atomic mass is 10.2. The van der Waals surface area contributed by atoms with Crippen LogP contribution >= 0.6 is 27.7 Å². The lowest BCUT2D eigenvalue weighted by molar-refractivity contribution is -0.122. The Hall–Kier alpha value is -1.38. The first-order chi connectivity index (χ1) is 11.6. The molecule has 2 N–H and O–H groups in total. The van der Waals surface area contributed by atoms with Gasteiger partial charge in [0.2, 0.25) is 11.8 Å². The first kappa shape index (κ1) is 17.4. The predicted octanol–water partition coefficient (Wildman–Crippen LogP) is 2.54. The van der Waals surface area contributed by atoms with E-state index in [1.165, 1.54) is 11.8 Å². The van der Waals surface area contributed by atoms with Gasteiger partial charge in [-0.1, -0.05) is 23.9 Å². The molecule has 0 spiro atoms. The second kappa shape index (κ2) is 8.13. The molecule has 2 heterocycles. The van der Waals surface area contributed by atoms with Gasteiger partial charge in [0.25, 0.3) is 0 Å². The molecule has 2 unspecified atom stereocenters. The number of hydrogen-bond donors (Lipinski definition) is 2. The summed E-state index contributed by atoms with van der Waals surface area (Å²) >= 11 is 4.69. The van der Waals surface area contributed by atoms with Crippen LogP contribution in [0.25, 0.3) is 0 Å². The van der Waals surface area contributed by atoms with E-state index in [2.05, 4.69) is 31.6 Å². The van der Waals surface area contributed by atoms with Crippen LogP contribution in [0.5, 0.6) is 0 Å². The van der Waals surface area contributed by atoms with Crippen LogP contribution < -0.4 is 10.6 Å². The third-order valence-electron chi connectivity index (χ3n) is 3.76. The molecule has 0 saturated carbocycles. The minimum atomic E-state index is -0.448. The Labute approximate surface area is 152 Å². The number of para-hydroxylation sites is 1. The first-order valence-corrected chi connectivity index (χ1v) is 9.47. The third-order valence-corrected chi connectivity index (χ3v) is 5.57. The second-order valence-corrected chi connectivity index (χ2v) is 7.65. The van der Waals surface area contributed by atoms with E-state index in [1.54, 1.807) is 6.07 Å². The van der Waals surface area contributed by atoms with E-state index in [9.17, 15) is 9.59 Å². The molecule has 0 bridgehead atoms. The summed E-state index contributed by atoms with van der Waals surface area (Å²) in [7, 11) is 0. The minimum Gasteiger partial charge on any atom is -0.376 e. The van der Waals surface area contributed by atoms with Crippen molar-refractivity contribution in [2.24, 2.45) is 4.99 Å². The normalized spacial score (nSPS) is 25.0. The maximum absolute atomic E-state index is 12.2. The standard InChI is InChI=1S/C16H18BrN3O3S/c17-11-5-1-2-6-12(11)19-14(21)8-13-15(22)20-16(24-13)18-9-10-4-3-7-23-10/h1-2,5-6,10,13H,3-4,7-9H2,(H,19,21)(H,18,20,22). The number of halogens is 1. The Morgan fingerprint density at radius 2 is 2.29 bits per heavy atom. The molecule has 0 aliphatic carbocycles. The van der Waals surface area contributed by atoms with Crippen molar-refractivity contribution >= 4 is 50.4 Å². The number of amidine groups is 1. The molecule has 2 fully saturated rings. The van der Waals surface area contributed by atoms with Gasteiger partial charge in [0, 0.05) is 17.5 Å². The Balaban J connectivity index is 1.51. The molecule has 1 aromatic rings. The van der Waals surface area contributed by atoms with Gasteiger partial charge in [-0.15, -0.1) is 0 Å². The van der Waals surface area contributed by atoms with Gasteiger partial charge < -0.3 is 15.4 Å². The zero-order valence-electron chi connectivity index (χ0n) is 13.0. The Morgan fingerprint density at radius 3 is 3.04 bits per heavy atom. The average Bonchev–Trinajstić information content (AvgIpc) is 3.18. The summed E-state index contributed by atoms with van der Waals surface area (Å²) in [5, 5.41) is 5.68. The highest BCUT2D eigenvalue weighted by atomic mass is 79.9. The van der Waals surface area contributed by atoms with Crippen LogP contribution in [0, 0.1) is 0 Å². The maximum atomic E-state index is 12.2. The Bertz CT molecular complexity index is 662. The van der Waals surface area contributed by atoms with Crippen LogP contribution in [0.2, 0.25) is 0 Å². The van der Waals surface area contributed by atoms with Crippen molar-refractivity contribution in [3.8, 4) is 0 Å². The molecular formula is C16H18BrN3O3S. The van der Waals surface area contributed by atoms with Crippen molar-refractivity contribution in [3.63, 3.8) is 0 Å². The number of rotatable bonds is 5. The number of aliphatic imine (C=N–C) groups is 1. The number of anilines is 1. The molecule has 6 nitrogen and oxygen atoms in total. The number of benzene rings is 1. The predicted molar refractivity (Wildman–Crippen MR) is 98.2 cm³/mol. The van der Waals surface area contributed by atoms with Gasteiger partial charge in [-0.05, 0) is 40.9 Å². The molecule has 2 amide bonds. The van der Waals surface area contributed by atoms with Crippen LogP contribution in [0.1, 0.15) is 19.3 Å². The van der Waals surface area contributed by atoms with Gasteiger partial charge in [0.15, 0.2) is 5.17 Å². The first-order valence-electron chi connectivity index (χ1n) is 7.80. The molecule has 1 aromatic carbocycles. The van der Waals surface area contributed by atoms with Crippen LogP contribution in [0.3, 0.4) is 0 Å². The average molecular weight is 412 g/mol. The lowest BCUT2D eigenvalue weighted by Crippen LogP contribution is -2.28. The number of hydrogen-bond acceptors (Lipinski definition) is 5. The number of carbonyl (C=O) groups is 2. The summed E-state index contributed by atoms with van der Waals surface area (Å²) in [5.41, 5.74) is 0.693. The molecule has 24 heavy (non-hydrogen) atoms. The van der Waals surface area contributed by atoms with Gasteiger partial charge in [-0.25, -0.2) is 0 Å². The molecule has 3 rings (SSSR count). The van der Waals surface area contributed by atoms with E-state index in [0.717, 1.165) is 23.9 Å². The van der Waals surface area contributed by atoms with Gasteiger partial charge in [-0.2, -0.15) is 0 Å². The molecule has 0 radical (unpaired) electrons. The summed E-state index contributed by atoms with van der Waals surface area (Å²) in [6.07, 6.45) is 2.32. The SMILES string of the molecule is O=C(CC1SC(=NCC2CCCO2)NC1=O)Nc1ccccc1Br. The maximum Gasteiger partial charge on any atom is 0.240 e. The smallest absolute Gasteiger partial charge is 0.240 e. The zero-order chi connectivity index (χ0) is 16.9. The molecule has 0 aromatic heterocycles. The fourth-order valence-corrected chi connectivity index (χ4v) is 3.88. The van der Waals surface area contributed by atoms with Crippen molar-refractivity contribution in [2.45, 2.75) is 30.6 Å². The molecule has 2 aliphatic heterocycles. The van der Waals surface area contributed by atoms with E-state index in [1.807, 2.05) is 18.2 Å². The number of amides is 2. The highest BCUT2D eigenvalue weighted by Crippen LogP contribution is 2.25. The van der Waals surface area contributed by atoms with Gasteiger partial charge in [-0.3, -0.25) is 14.6 Å². The highest BCUT2D eigenvalue weighted by Gasteiger charge is 2.32. The fourth-order valence-electron chi connectivity index (χ4n) is 2.52. The number of ether oxygens (including phenoxy) is 1. The fraction of sp³-hybridized carbons (Fsp3) is 0.438. The van der Waals surface area contributed by atoms with E-state index in [-0.39, 0.29) is 24.3 Å². The largest absolute Gasteiger partial charge is 0.376 e. The van der Waals surface area contributed by atoms with Gasteiger partial charge >= 0.3 is 0 Å². The molecule has 128 valence electrons. The Kier molecular flexibility index (Phi) is 5.91. The van der Waals surface area contributed by atoms with E-state index in [4.69, 9.17) is 4.74 Å². The molecule has 2 atom stereocenters.